The number of amides is 4. The van der Waals surface area contributed by atoms with Crippen LogP contribution in [0.3, 0.4) is 0 Å². The van der Waals surface area contributed by atoms with Crippen molar-refractivity contribution in [3.63, 3.8) is 0 Å². The predicted octanol–water partition coefficient (Wildman–Crippen LogP) is 1.49. The monoisotopic (exact) mass is 323 g/mol. The van der Waals surface area contributed by atoms with Crippen molar-refractivity contribution in [2.75, 3.05) is 7.11 Å². The first kappa shape index (κ1) is 16.4. The van der Waals surface area contributed by atoms with E-state index in [2.05, 4.69) is 4.74 Å². The molecule has 0 radical (unpaired) electrons. The Morgan fingerprint density at radius 2 is 1.91 bits per heavy atom. The molecule has 2 rings (SSSR count). The van der Waals surface area contributed by atoms with Crippen LogP contribution in [0.2, 0.25) is 0 Å². The van der Waals surface area contributed by atoms with Crippen molar-refractivity contribution >= 4 is 18.0 Å². The summed E-state index contributed by atoms with van der Waals surface area (Å²) in [5.74, 6) is -1.53. The fraction of sp³-hybridized carbons (Fsp3) is 0.750. The summed E-state index contributed by atoms with van der Waals surface area (Å²) in [5, 5.41) is 2.99. The lowest BCUT2D eigenvalue weighted by molar-refractivity contribution is -0.201. The number of nitrogens with one attached hydrogen (secondary N) is 2. The van der Waals surface area contributed by atoms with Crippen molar-refractivity contribution in [2.24, 2.45) is 0 Å². The van der Waals surface area contributed by atoms with E-state index in [0.717, 1.165) is 26.4 Å². The molecule has 2 fully saturated rings. The molecule has 1 aliphatic heterocycles. The van der Waals surface area contributed by atoms with Crippen molar-refractivity contribution in [3.8, 4) is 0 Å². The molecule has 0 aromatic rings. The van der Waals surface area contributed by atoms with Gasteiger partial charge < -0.3 is 4.74 Å². The highest BCUT2D eigenvalue weighted by molar-refractivity contribution is 6.08. The molecule has 1 atom stereocenters. The largest absolute Gasteiger partial charge is 0.453 e. The van der Waals surface area contributed by atoms with Gasteiger partial charge >= 0.3 is 18.3 Å². The molecular formula is C12H16F3N3O4. The standard InChI is InChI=1S/C12H16F3N3O4/c1-22-10(21)17-11(12(13,14)15)8(19)18(9(20)16-11)7-5-3-2-4-6-7/h7H,2-6H2,1H3,(H,16,20)(H,17,21)/t11-/m0/s1. The van der Waals surface area contributed by atoms with Gasteiger partial charge in [-0.05, 0) is 12.8 Å². The molecular weight excluding hydrogens is 307 g/mol. The normalized spacial score (nSPS) is 26.8. The third-order valence-corrected chi connectivity index (χ3v) is 3.89. The topological polar surface area (TPSA) is 87.7 Å². The van der Waals surface area contributed by atoms with Gasteiger partial charge in [0.15, 0.2) is 0 Å². The summed E-state index contributed by atoms with van der Waals surface area (Å²) in [7, 11) is 0.861. The average Bonchev–Trinajstić information content (AvgIpc) is 2.71. The van der Waals surface area contributed by atoms with Crippen LogP contribution in [-0.4, -0.2) is 47.9 Å². The molecule has 22 heavy (non-hydrogen) atoms. The van der Waals surface area contributed by atoms with Gasteiger partial charge in [0.1, 0.15) is 0 Å². The minimum absolute atomic E-state index is 0.450. The molecule has 4 amide bonds. The van der Waals surface area contributed by atoms with Gasteiger partial charge in [0, 0.05) is 6.04 Å². The highest BCUT2D eigenvalue weighted by Crippen LogP contribution is 2.36. The molecule has 0 aromatic carbocycles. The minimum atomic E-state index is -5.20. The number of rotatable bonds is 2. The lowest BCUT2D eigenvalue weighted by atomic mass is 9.94. The third-order valence-electron chi connectivity index (χ3n) is 3.89. The molecule has 1 aliphatic carbocycles. The number of halogens is 3. The smallest absolute Gasteiger partial charge is 0.440 e. The van der Waals surface area contributed by atoms with Crippen LogP contribution >= 0.6 is 0 Å². The van der Waals surface area contributed by atoms with E-state index in [4.69, 9.17) is 0 Å². The zero-order valence-electron chi connectivity index (χ0n) is 11.8. The van der Waals surface area contributed by atoms with Gasteiger partial charge in [-0.15, -0.1) is 0 Å². The Hall–Kier alpha value is -2.00. The predicted molar refractivity (Wildman–Crippen MR) is 66.6 cm³/mol. The first-order valence-corrected chi connectivity index (χ1v) is 6.81. The molecule has 0 aromatic heterocycles. The second-order valence-corrected chi connectivity index (χ2v) is 5.26. The summed E-state index contributed by atoms with van der Waals surface area (Å²) in [6.07, 6.45) is -3.40. The SMILES string of the molecule is COC(=O)N[C@@]1(C(F)(F)F)NC(=O)N(C2CCCCC2)C1=O. The Balaban J connectivity index is 2.33. The summed E-state index contributed by atoms with van der Waals surface area (Å²) in [6.45, 7) is 0. The molecule has 1 heterocycles. The van der Waals surface area contributed by atoms with E-state index in [-0.39, 0.29) is 0 Å². The summed E-state index contributed by atoms with van der Waals surface area (Å²) in [4.78, 5) is 36.0. The van der Waals surface area contributed by atoms with E-state index in [1.54, 1.807) is 5.32 Å². The quantitative estimate of drug-likeness (QED) is 0.754. The fourth-order valence-electron chi connectivity index (χ4n) is 2.77. The maximum Gasteiger partial charge on any atom is 0.440 e. The van der Waals surface area contributed by atoms with Crippen LogP contribution in [0.4, 0.5) is 22.8 Å². The maximum absolute atomic E-state index is 13.3. The second kappa shape index (κ2) is 5.65. The van der Waals surface area contributed by atoms with Crippen LogP contribution in [-0.2, 0) is 9.53 Å². The van der Waals surface area contributed by atoms with Gasteiger partial charge in [-0.1, -0.05) is 19.3 Å². The summed E-state index contributed by atoms with van der Waals surface area (Å²) < 4.78 is 44.2. The van der Waals surface area contributed by atoms with E-state index < -0.39 is 35.9 Å². The molecule has 2 aliphatic rings. The molecule has 2 N–H and O–H groups in total. The van der Waals surface area contributed by atoms with Gasteiger partial charge in [-0.2, -0.15) is 13.2 Å². The number of ether oxygens (including phenoxy) is 1. The van der Waals surface area contributed by atoms with Crippen molar-refractivity contribution in [3.05, 3.63) is 0 Å². The van der Waals surface area contributed by atoms with Gasteiger partial charge in [0.25, 0.3) is 11.6 Å². The molecule has 124 valence electrons. The number of imide groups is 1. The lowest BCUT2D eigenvalue weighted by Gasteiger charge is -2.31. The van der Waals surface area contributed by atoms with Gasteiger partial charge in [-0.25, -0.2) is 9.59 Å². The average molecular weight is 323 g/mol. The van der Waals surface area contributed by atoms with Crippen LogP contribution in [0.25, 0.3) is 0 Å². The molecule has 0 unspecified atom stereocenters. The minimum Gasteiger partial charge on any atom is -0.453 e. The third kappa shape index (κ3) is 2.57. The maximum atomic E-state index is 13.3. The van der Waals surface area contributed by atoms with E-state index in [1.807, 2.05) is 0 Å². The second-order valence-electron chi connectivity index (χ2n) is 5.26. The summed E-state index contributed by atoms with van der Waals surface area (Å²) in [6, 6.07) is -1.75. The number of urea groups is 1. The number of methoxy groups -OCH3 is 1. The number of alkyl carbamates (subject to hydrolysis) is 1. The molecule has 1 saturated carbocycles. The van der Waals surface area contributed by atoms with E-state index >= 15 is 0 Å². The molecule has 10 heteroatoms. The number of carbonyl (C=O) groups excluding carboxylic acids is 3. The molecule has 1 saturated heterocycles. The number of nitrogens with zero attached hydrogens (tertiary/aromatic N) is 1. The highest BCUT2D eigenvalue weighted by Gasteiger charge is 2.69. The van der Waals surface area contributed by atoms with Gasteiger partial charge in [-0.3, -0.25) is 20.3 Å². The molecule has 7 nitrogen and oxygen atoms in total. The van der Waals surface area contributed by atoms with Crippen molar-refractivity contribution < 1.29 is 32.3 Å². The van der Waals surface area contributed by atoms with Gasteiger partial charge in [0.05, 0.1) is 7.11 Å². The lowest BCUT2D eigenvalue weighted by Crippen LogP contribution is -2.69. The van der Waals surface area contributed by atoms with Crippen LogP contribution in [0.15, 0.2) is 0 Å². The molecule has 0 bridgehead atoms. The van der Waals surface area contributed by atoms with Crippen LogP contribution < -0.4 is 10.6 Å². The van der Waals surface area contributed by atoms with E-state index in [9.17, 15) is 27.6 Å². The van der Waals surface area contributed by atoms with Crippen molar-refractivity contribution in [1.29, 1.82) is 0 Å². The number of hydrogen-bond acceptors (Lipinski definition) is 4. The first-order chi connectivity index (χ1) is 10.2. The number of hydrogen-bond donors (Lipinski definition) is 2. The van der Waals surface area contributed by atoms with E-state index in [0.29, 0.717) is 17.7 Å². The number of alkyl halides is 3. The van der Waals surface area contributed by atoms with Crippen LogP contribution in [0, 0.1) is 0 Å². The zero-order valence-corrected chi connectivity index (χ0v) is 11.8. The Bertz CT molecular complexity index is 490. The highest BCUT2D eigenvalue weighted by atomic mass is 19.4. The fourth-order valence-corrected chi connectivity index (χ4v) is 2.77. The van der Waals surface area contributed by atoms with Crippen molar-refractivity contribution in [2.45, 2.75) is 50.0 Å². The zero-order chi connectivity index (χ0) is 16.5. The summed E-state index contributed by atoms with van der Waals surface area (Å²) >= 11 is 0. The van der Waals surface area contributed by atoms with E-state index in [1.165, 1.54) is 5.32 Å². The summed E-state index contributed by atoms with van der Waals surface area (Å²) in [5.41, 5.74) is -3.48. The Kier molecular flexibility index (Phi) is 4.21. The van der Waals surface area contributed by atoms with Crippen LogP contribution in [0.1, 0.15) is 32.1 Å². The Morgan fingerprint density at radius 1 is 1.32 bits per heavy atom. The Labute approximate surface area is 124 Å². The molecule has 0 spiro atoms. The Morgan fingerprint density at radius 3 is 2.41 bits per heavy atom. The first-order valence-electron chi connectivity index (χ1n) is 6.81. The number of carbonyl (C=O) groups is 3. The van der Waals surface area contributed by atoms with Gasteiger partial charge in [0.2, 0.25) is 0 Å². The van der Waals surface area contributed by atoms with Crippen LogP contribution in [0.5, 0.6) is 0 Å². The van der Waals surface area contributed by atoms with Crippen molar-refractivity contribution in [1.82, 2.24) is 15.5 Å².